The highest BCUT2D eigenvalue weighted by Crippen LogP contribution is 2.39. The zero-order valence-electron chi connectivity index (χ0n) is 26.2. The third-order valence-corrected chi connectivity index (χ3v) is 6.70. The number of terminal acetylenes is 1. The van der Waals surface area contributed by atoms with Crippen LogP contribution in [0.3, 0.4) is 0 Å². The predicted molar refractivity (Wildman–Crippen MR) is 176 cm³/mol. The Hall–Kier alpha value is -5.82. The number of hydrogen-bond acceptors (Lipinski definition) is 6. The van der Waals surface area contributed by atoms with Crippen LogP contribution in [0.5, 0.6) is 0 Å². The highest BCUT2D eigenvalue weighted by molar-refractivity contribution is 6.12. The van der Waals surface area contributed by atoms with Gasteiger partial charge in [-0.2, -0.15) is 0 Å². The molecule has 2 amide bonds. The number of oxazole rings is 1. The summed E-state index contributed by atoms with van der Waals surface area (Å²) in [5, 5.41) is 2.50. The van der Waals surface area contributed by atoms with E-state index >= 15 is 4.39 Å². The van der Waals surface area contributed by atoms with Gasteiger partial charge in [-0.15, -0.1) is 12.8 Å². The summed E-state index contributed by atoms with van der Waals surface area (Å²) >= 11 is 0. The van der Waals surface area contributed by atoms with Crippen LogP contribution in [0.15, 0.2) is 81.9 Å². The van der Waals surface area contributed by atoms with Crippen LogP contribution >= 0.6 is 0 Å². The van der Waals surface area contributed by atoms with E-state index in [2.05, 4.69) is 28.1 Å². The average Bonchev–Trinajstić information content (AvgIpc) is 3.70. The molecule has 0 saturated heterocycles. The number of nitrogens with one attached hydrogen (secondary N) is 1. The van der Waals surface area contributed by atoms with Crippen molar-refractivity contribution < 1.29 is 27.2 Å². The third-order valence-electron chi connectivity index (χ3n) is 6.70. The van der Waals surface area contributed by atoms with Gasteiger partial charge in [0.05, 0.1) is 17.1 Å². The normalized spacial score (nSPS) is 10.1. The van der Waals surface area contributed by atoms with E-state index in [9.17, 15) is 14.0 Å². The summed E-state index contributed by atoms with van der Waals surface area (Å²) in [6.45, 7) is 7.79. The molecule has 0 saturated carbocycles. The second kappa shape index (κ2) is 15.8. The molecule has 236 valence electrons. The van der Waals surface area contributed by atoms with E-state index in [0.717, 1.165) is 29.0 Å². The Kier molecular flexibility index (Phi) is 11.9. The van der Waals surface area contributed by atoms with E-state index < -0.39 is 23.4 Å². The lowest BCUT2D eigenvalue weighted by atomic mass is 9.95. The Morgan fingerprint density at radius 2 is 1.63 bits per heavy atom. The quantitative estimate of drug-likeness (QED) is 0.188. The molecule has 0 unspecified atom stereocenters. The Morgan fingerprint density at radius 3 is 2.24 bits per heavy atom. The molecule has 0 radical (unpaired) electrons. The number of amides is 2. The fourth-order valence-corrected chi connectivity index (χ4v) is 4.55. The molecule has 3 aromatic heterocycles. The fraction of sp³-hybridized carbons (Fsp3) is 0.167. The van der Waals surface area contributed by atoms with Gasteiger partial charge in [0.2, 0.25) is 5.91 Å². The van der Waals surface area contributed by atoms with Crippen molar-refractivity contribution in [2.75, 3.05) is 7.05 Å². The Labute approximate surface area is 265 Å². The number of furan rings is 1. The molecule has 0 bridgehead atoms. The lowest BCUT2D eigenvalue weighted by molar-refractivity contribution is 0.0962. The molecule has 3 aromatic carbocycles. The minimum Gasteiger partial charge on any atom is -0.455 e. The second-order valence-electron chi connectivity index (χ2n) is 9.39. The monoisotopic (exact) mass is 624 g/mol. The molecule has 3 N–H and O–H groups in total. The summed E-state index contributed by atoms with van der Waals surface area (Å²) in [6.07, 6.45) is 12.2. The summed E-state index contributed by atoms with van der Waals surface area (Å²) in [6, 6.07) is 15.0. The molecular formula is C36H34F2N4O4. The van der Waals surface area contributed by atoms with E-state index in [4.69, 9.17) is 14.6 Å². The van der Waals surface area contributed by atoms with Crippen molar-refractivity contribution in [2.24, 2.45) is 5.73 Å². The van der Waals surface area contributed by atoms with Crippen LogP contribution in [0.4, 0.5) is 8.78 Å². The highest BCUT2D eigenvalue weighted by Gasteiger charge is 2.26. The van der Waals surface area contributed by atoms with E-state index in [-0.39, 0.29) is 33.4 Å². The van der Waals surface area contributed by atoms with Gasteiger partial charge in [-0.05, 0) is 66.6 Å². The van der Waals surface area contributed by atoms with Gasteiger partial charge in [-0.25, -0.2) is 13.8 Å². The second-order valence-corrected chi connectivity index (χ2v) is 9.39. The maximum Gasteiger partial charge on any atom is 0.255 e. The van der Waals surface area contributed by atoms with Gasteiger partial charge in [-0.3, -0.25) is 14.6 Å². The van der Waals surface area contributed by atoms with E-state index in [1.807, 2.05) is 26.8 Å². The first-order valence-corrected chi connectivity index (χ1v) is 14.4. The molecule has 46 heavy (non-hydrogen) atoms. The van der Waals surface area contributed by atoms with Crippen LogP contribution < -0.4 is 11.1 Å². The van der Waals surface area contributed by atoms with Gasteiger partial charge < -0.3 is 19.9 Å². The summed E-state index contributed by atoms with van der Waals surface area (Å²) in [5.74, 6) is -1.38. The fourth-order valence-electron chi connectivity index (χ4n) is 4.55. The number of halogens is 2. The number of benzene rings is 3. The zero-order valence-corrected chi connectivity index (χ0v) is 26.2. The number of nitrogens with two attached hydrogens (primary N) is 1. The molecule has 8 nitrogen and oxygen atoms in total. The summed E-state index contributed by atoms with van der Waals surface area (Å²) in [4.78, 5) is 32.4. The number of fused-ring (bicyclic) bond motifs is 2. The average molecular weight is 625 g/mol. The molecule has 0 fully saturated rings. The maximum atomic E-state index is 15.8. The number of aromatic nitrogens is 2. The molecule has 6 rings (SSSR count). The maximum absolute atomic E-state index is 15.8. The lowest BCUT2D eigenvalue weighted by Gasteiger charge is -2.10. The largest absolute Gasteiger partial charge is 0.455 e. The molecule has 10 heteroatoms. The smallest absolute Gasteiger partial charge is 0.255 e. The number of nitrogens with zero attached hydrogens (tertiary/aromatic N) is 2. The molecular weight excluding hydrogens is 590 g/mol. The van der Waals surface area contributed by atoms with Gasteiger partial charge in [0.15, 0.2) is 11.5 Å². The number of carbonyl (C=O) groups excluding carboxylic acids is 2. The Balaban J connectivity index is 0.000000319. The zero-order chi connectivity index (χ0) is 34.0. The van der Waals surface area contributed by atoms with Crippen LogP contribution in [0.1, 0.15) is 52.9 Å². The SMILES string of the molecule is C#C.CC.CCc1nc2cnccc2o1.CNC(=O)c1c(-c2ccc(F)cc2)oc2ccc(-c3cc(C(N)=O)ccc3C)c(F)c12. The topological polar surface area (TPSA) is 124 Å². The first-order valence-electron chi connectivity index (χ1n) is 14.4. The predicted octanol–water partition coefficient (Wildman–Crippen LogP) is 7.87. The first-order chi connectivity index (χ1) is 22.2. The van der Waals surface area contributed by atoms with Crippen LogP contribution in [-0.2, 0) is 6.42 Å². The highest BCUT2D eigenvalue weighted by atomic mass is 19.1. The van der Waals surface area contributed by atoms with Crippen molar-refractivity contribution in [3.05, 3.63) is 107 Å². The lowest BCUT2D eigenvalue weighted by Crippen LogP contribution is -2.18. The first kappa shape index (κ1) is 34.7. The molecule has 0 aliphatic rings. The minimum atomic E-state index is -0.669. The van der Waals surface area contributed by atoms with Crippen LogP contribution in [0.2, 0.25) is 0 Å². The van der Waals surface area contributed by atoms with Crippen LogP contribution in [0, 0.1) is 31.4 Å². The van der Waals surface area contributed by atoms with Crippen LogP contribution in [-0.4, -0.2) is 28.8 Å². The summed E-state index contributed by atoms with van der Waals surface area (Å²) in [5.41, 5.74) is 9.28. The van der Waals surface area contributed by atoms with E-state index in [1.54, 1.807) is 37.5 Å². The van der Waals surface area contributed by atoms with Gasteiger partial charge >= 0.3 is 0 Å². The van der Waals surface area contributed by atoms with Crippen molar-refractivity contribution in [2.45, 2.75) is 34.1 Å². The number of rotatable bonds is 5. The van der Waals surface area contributed by atoms with Gasteiger partial charge in [0.25, 0.3) is 5.91 Å². The van der Waals surface area contributed by atoms with Crippen LogP contribution in [0.25, 0.3) is 44.5 Å². The number of aryl methyl sites for hydroxylation is 2. The van der Waals surface area contributed by atoms with Crippen molar-refractivity contribution >= 4 is 33.9 Å². The molecule has 6 aromatic rings. The Morgan fingerprint density at radius 1 is 0.935 bits per heavy atom. The minimum absolute atomic E-state index is 0.0000491. The summed E-state index contributed by atoms with van der Waals surface area (Å²) < 4.78 is 40.3. The number of pyridine rings is 1. The van der Waals surface area contributed by atoms with E-state index in [0.29, 0.717) is 11.1 Å². The molecule has 3 heterocycles. The van der Waals surface area contributed by atoms with Gasteiger partial charge in [0, 0.05) is 42.4 Å². The van der Waals surface area contributed by atoms with Crippen molar-refractivity contribution in [1.29, 1.82) is 0 Å². The van der Waals surface area contributed by atoms with Crippen molar-refractivity contribution in [3.63, 3.8) is 0 Å². The Bertz CT molecular complexity index is 1960. The molecule has 0 spiro atoms. The van der Waals surface area contributed by atoms with Gasteiger partial charge in [-0.1, -0.05) is 26.8 Å². The summed E-state index contributed by atoms with van der Waals surface area (Å²) in [7, 11) is 1.43. The molecule has 0 aliphatic heterocycles. The van der Waals surface area contributed by atoms with E-state index in [1.165, 1.54) is 43.4 Å². The molecule has 0 aliphatic carbocycles. The molecule has 0 atom stereocenters. The third kappa shape index (κ3) is 7.27. The van der Waals surface area contributed by atoms with Crippen molar-refractivity contribution in [3.8, 4) is 35.3 Å². The standard InChI is InChI=1S/C24H18F2N2O3.C8H8N2O.C2H6.C2H2/c1-12-3-4-14(23(27)29)11-17(12)16-9-10-18-19(21(16)26)20(24(30)28-2)22(31-18)13-5-7-15(25)8-6-13;1-2-8-10-6-5-9-4-3-7(6)11-8;2*1-2/h3-11H,1-2H3,(H2,27,29)(H,28,30);3-5H,2H2,1H3;1-2H3;1-2H. The van der Waals surface area contributed by atoms with Gasteiger partial charge in [0.1, 0.15) is 28.5 Å². The number of hydrogen-bond donors (Lipinski definition) is 2. The van der Waals surface area contributed by atoms with Crippen molar-refractivity contribution in [1.82, 2.24) is 15.3 Å². The number of carbonyl (C=O) groups is 2. The number of primary amides is 1.